The minimum absolute atomic E-state index is 0.244. The van der Waals surface area contributed by atoms with Gasteiger partial charge < -0.3 is 4.98 Å². The minimum atomic E-state index is 0.244. The van der Waals surface area contributed by atoms with E-state index < -0.39 is 0 Å². The third-order valence-corrected chi connectivity index (χ3v) is 3.47. The monoisotopic (exact) mass is 264 g/mol. The quantitative estimate of drug-likeness (QED) is 0.690. The first-order valence-electron chi connectivity index (χ1n) is 7.50. The van der Waals surface area contributed by atoms with Gasteiger partial charge in [0.1, 0.15) is 0 Å². The molecule has 0 amide bonds. The second kappa shape index (κ2) is 8.16. The number of nitrogens with one attached hydrogen (secondary N) is 1. The molecule has 3 nitrogen and oxygen atoms in total. The largest absolute Gasteiger partial charge is 0.362 e. The van der Waals surface area contributed by atoms with E-state index in [0.717, 1.165) is 30.0 Å². The maximum absolute atomic E-state index is 12.4. The molecular formula is C16H28N2O. The molecule has 0 aliphatic heterocycles. The van der Waals surface area contributed by atoms with E-state index in [4.69, 9.17) is 0 Å². The van der Waals surface area contributed by atoms with Crippen molar-refractivity contribution in [1.82, 2.24) is 9.88 Å². The van der Waals surface area contributed by atoms with E-state index in [2.05, 4.69) is 23.7 Å². The smallest absolute Gasteiger partial charge is 0.178 e. The Balaban J connectivity index is 2.61. The number of carbonyl (C=O) groups excluding carboxylic acids is 1. The normalized spacial score (nSPS) is 11.2. The van der Waals surface area contributed by atoms with Gasteiger partial charge in [0.2, 0.25) is 0 Å². The Bertz CT molecular complexity index is 387. The lowest BCUT2D eigenvalue weighted by Crippen LogP contribution is -2.32. The van der Waals surface area contributed by atoms with Gasteiger partial charge in [-0.15, -0.1) is 0 Å². The molecule has 1 aromatic heterocycles. The van der Waals surface area contributed by atoms with Crippen molar-refractivity contribution < 1.29 is 4.79 Å². The zero-order chi connectivity index (χ0) is 14.3. The summed E-state index contributed by atoms with van der Waals surface area (Å²) in [4.78, 5) is 17.9. The molecule has 0 saturated heterocycles. The Hall–Kier alpha value is -1.09. The highest BCUT2D eigenvalue weighted by Gasteiger charge is 2.15. The lowest BCUT2D eigenvalue weighted by Gasteiger charge is -2.21. The maximum atomic E-state index is 12.4. The van der Waals surface area contributed by atoms with E-state index in [1.165, 1.54) is 25.7 Å². The van der Waals surface area contributed by atoms with Crippen molar-refractivity contribution in [2.75, 3.05) is 19.6 Å². The first-order chi connectivity index (χ1) is 9.08. The van der Waals surface area contributed by atoms with Crippen LogP contribution in [0.15, 0.2) is 6.07 Å². The summed E-state index contributed by atoms with van der Waals surface area (Å²) in [6.45, 7) is 11.0. The van der Waals surface area contributed by atoms with Crippen molar-refractivity contribution in [3.63, 3.8) is 0 Å². The van der Waals surface area contributed by atoms with Crippen molar-refractivity contribution in [2.45, 2.75) is 53.4 Å². The van der Waals surface area contributed by atoms with E-state index in [1.54, 1.807) is 0 Å². The first kappa shape index (κ1) is 16.0. The number of rotatable bonds is 9. The summed E-state index contributed by atoms with van der Waals surface area (Å²) >= 11 is 0. The predicted molar refractivity (Wildman–Crippen MR) is 80.9 cm³/mol. The maximum Gasteiger partial charge on any atom is 0.178 e. The van der Waals surface area contributed by atoms with Crippen molar-refractivity contribution >= 4 is 5.78 Å². The average molecular weight is 264 g/mol. The fourth-order valence-corrected chi connectivity index (χ4v) is 2.34. The van der Waals surface area contributed by atoms with Crippen LogP contribution in [-0.2, 0) is 0 Å². The van der Waals surface area contributed by atoms with Crippen LogP contribution in [0.1, 0.15) is 61.3 Å². The Labute approximate surface area is 117 Å². The van der Waals surface area contributed by atoms with Crippen LogP contribution in [-0.4, -0.2) is 35.3 Å². The van der Waals surface area contributed by atoms with Gasteiger partial charge in [-0.3, -0.25) is 9.69 Å². The van der Waals surface area contributed by atoms with Gasteiger partial charge in [0.15, 0.2) is 5.78 Å². The summed E-state index contributed by atoms with van der Waals surface area (Å²) in [6.07, 6.45) is 4.70. The average Bonchev–Trinajstić information content (AvgIpc) is 2.71. The van der Waals surface area contributed by atoms with Crippen molar-refractivity contribution in [1.29, 1.82) is 0 Å². The van der Waals surface area contributed by atoms with Gasteiger partial charge in [-0.25, -0.2) is 0 Å². The molecule has 0 bridgehead atoms. The molecule has 1 aromatic rings. The molecule has 108 valence electrons. The van der Waals surface area contributed by atoms with E-state index >= 15 is 0 Å². The van der Waals surface area contributed by atoms with Crippen molar-refractivity contribution in [2.24, 2.45) is 0 Å². The molecule has 0 spiro atoms. The lowest BCUT2D eigenvalue weighted by atomic mass is 10.1. The zero-order valence-electron chi connectivity index (χ0n) is 12.9. The van der Waals surface area contributed by atoms with Crippen LogP contribution in [0.5, 0.6) is 0 Å². The molecule has 0 atom stereocenters. The highest BCUT2D eigenvalue weighted by molar-refractivity contribution is 5.98. The van der Waals surface area contributed by atoms with E-state index in [-0.39, 0.29) is 5.78 Å². The zero-order valence-corrected chi connectivity index (χ0v) is 12.9. The summed E-state index contributed by atoms with van der Waals surface area (Å²) in [6, 6.07) is 1.97. The SMILES string of the molecule is CCCCN(CCCC)CC(=O)c1cc(C)[nH]c1C. The summed E-state index contributed by atoms with van der Waals surface area (Å²) in [5.41, 5.74) is 2.92. The van der Waals surface area contributed by atoms with E-state index in [1.807, 2.05) is 19.9 Å². The van der Waals surface area contributed by atoms with Gasteiger partial charge in [0, 0.05) is 17.0 Å². The van der Waals surface area contributed by atoms with E-state index in [9.17, 15) is 4.79 Å². The number of nitrogens with zero attached hydrogens (tertiary/aromatic N) is 1. The molecule has 0 aromatic carbocycles. The Morgan fingerprint density at radius 2 is 1.74 bits per heavy atom. The molecule has 0 aliphatic rings. The molecule has 0 unspecified atom stereocenters. The minimum Gasteiger partial charge on any atom is -0.362 e. The number of H-pyrrole nitrogens is 1. The third-order valence-electron chi connectivity index (χ3n) is 3.47. The molecule has 1 N–H and O–H groups in total. The number of aromatic amines is 1. The fourth-order valence-electron chi connectivity index (χ4n) is 2.34. The van der Waals surface area contributed by atoms with Crippen LogP contribution < -0.4 is 0 Å². The Kier molecular flexibility index (Phi) is 6.85. The Morgan fingerprint density at radius 1 is 1.16 bits per heavy atom. The van der Waals surface area contributed by atoms with Crippen LogP contribution in [0.4, 0.5) is 0 Å². The Morgan fingerprint density at radius 3 is 2.16 bits per heavy atom. The predicted octanol–water partition coefficient (Wildman–Crippen LogP) is 3.72. The molecule has 3 heteroatoms. The fraction of sp³-hybridized carbons (Fsp3) is 0.688. The summed E-state index contributed by atoms with van der Waals surface area (Å²) < 4.78 is 0. The van der Waals surface area contributed by atoms with Gasteiger partial charge in [-0.2, -0.15) is 0 Å². The first-order valence-corrected chi connectivity index (χ1v) is 7.50. The van der Waals surface area contributed by atoms with Crippen LogP contribution in [0.3, 0.4) is 0 Å². The second-order valence-corrected chi connectivity index (χ2v) is 5.40. The van der Waals surface area contributed by atoms with Gasteiger partial charge in [-0.1, -0.05) is 26.7 Å². The summed E-state index contributed by atoms with van der Waals surface area (Å²) in [7, 11) is 0. The molecule has 1 rings (SSSR count). The molecule has 1 heterocycles. The van der Waals surface area contributed by atoms with Crippen LogP contribution in [0, 0.1) is 13.8 Å². The number of aryl methyl sites for hydroxylation is 2. The van der Waals surface area contributed by atoms with Crippen molar-refractivity contribution in [3.05, 3.63) is 23.0 Å². The number of carbonyl (C=O) groups is 1. The number of hydrogen-bond acceptors (Lipinski definition) is 2. The second-order valence-electron chi connectivity index (χ2n) is 5.40. The molecule has 0 radical (unpaired) electrons. The molecule has 19 heavy (non-hydrogen) atoms. The van der Waals surface area contributed by atoms with Gasteiger partial charge in [-0.05, 0) is 45.8 Å². The topological polar surface area (TPSA) is 36.1 Å². The number of unbranched alkanes of at least 4 members (excludes halogenated alkanes) is 2. The number of hydrogen-bond donors (Lipinski definition) is 1. The van der Waals surface area contributed by atoms with Crippen molar-refractivity contribution in [3.8, 4) is 0 Å². The standard InChI is InChI=1S/C16H28N2O/c1-5-7-9-18(10-8-6-2)12-16(19)15-11-13(3)17-14(15)4/h11,17H,5-10,12H2,1-4H3. The molecule has 0 fully saturated rings. The highest BCUT2D eigenvalue weighted by atomic mass is 16.1. The van der Waals surface area contributed by atoms with Gasteiger partial charge in [0.05, 0.1) is 6.54 Å². The van der Waals surface area contributed by atoms with Crippen LogP contribution in [0.2, 0.25) is 0 Å². The highest BCUT2D eigenvalue weighted by Crippen LogP contribution is 2.11. The summed E-state index contributed by atoms with van der Waals surface area (Å²) in [5, 5.41) is 0. The molecule has 0 aliphatic carbocycles. The lowest BCUT2D eigenvalue weighted by molar-refractivity contribution is 0.0928. The van der Waals surface area contributed by atoms with E-state index in [0.29, 0.717) is 6.54 Å². The number of ketones is 1. The van der Waals surface area contributed by atoms with Gasteiger partial charge >= 0.3 is 0 Å². The summed E-state index contributed by atoms with van der Waals surface area (Å²) in [5.74, 6) is 0.244. The molecule has 0 saturated carbocycles. The number of Topliss-reactive ketones (excluding diaryl/α,β-unsaturated/α-hetero) is 1. The van der Waals surface area contributed by atoms with Gasteiger partial charge in [0.25, 0.3) is 0 Å². The number of aromatic nitrogens is 1. The molecular weight excluding hydrogens is 236 g/mol. The van der Waals surface area contributed by atoms with Crippen LogP contribution >= 0.6 is 0 Å². The van der Waals surface area contributed by atoms with Crippen LogP contribution in [0.25, 0.3) is 0 Å². The third kappa shape index (κ3) is 5.19.